The van der Waals surface area contributed by atoms with Crippen molar-refractivity contribution in [2.24, 2.45) is 0 Å². The molecule has 2 heterocycles. The van der Waals surface area contributed by atoms with Crippen molar-refractivity contribution >= 4 is 11.7 Å². The van der Waals surface area contributed by atoms with Gasteiger partial charge < -0.3 is 19.7 Å². The number of rotatable bonds is 4. The van der Waals surface area contributed by atoms with Crippen molar-refractivity contribution in [3.05, 3.63) is 53.8 Å². The summed E-state index contributed by atoms with van der Waals surface area (Å²) in [7, 11) is 0. The Bertz CT molecular complexity index is 822. The van der Waals surface area contributed by atoms with Crippen LogP contribution in [0.3, 0.4) is 0 Å². The van der Waals surface area contributed by atoms with Gasteiger partial charge in [-0.05, 0) is 30.2 Å². The van der Waals surface area contributed by atoms with Gasteiger partial charge in [0.1, 0.15) is 5.82 Å². The van der Waals surface area contributed by atoms with Gasteiger partial charge >= 0.3 is 6.03 Å². The molecule has 0 atom stereocenters. The second-order valence-corrected chi connectivity index (χ2v) is 6.67. The Balaban J connectivity index is 1.25. The molecule has 0 bridgehead atoms. The second-order valence-electron chi connectivity index (χ2n) is 6.67. The molecule has 0 radical (unpaired) electrons. The summed E-state index contributed by atoms with van der Waals surface area (Å²) in [6.45, 7) is 3.85. The molecule has 2 aromatic carbocycles. The van der Waals surface area contributed by atoms with Crippen molar-refractivity contribution in [2.45, 2.75) is 6.42 Å². The van der Waals surface area contributed by atoms with Crippen LogP contribution in [0.1, 0.15) is 5.56 Å². The molecule has 2 aliphatic heterocycles. The van der Waals surface area contributed by atoms with Crippen molar-refractivity contribution in [2.75, 3.05) is 44.8 Å². The van der Waals surface area contributed by atoms with Crippen molar-refractivity contribution in [1.82, 2.24) is 9.80 Å². The summed E-state index contributed by atoms with van der Waals surface area (Å²) in [6, 6.07) is 12.1. The number of hydrogen-bond donors (Lipinski definition) is 1. The highest BCUT2D eigenvalue weighted by Crippen LogP contribution is 2.34. The van der Waals surface area contributed by atoms with Crippen LogP contribution in [0.15, 0.2) is 42.5 Å². The smallest absolute Gasteiger partial charge is 0.321 e. The van der Waals surface area contributed by atoms with Gasteiger partial charge in [-0.1, -0.05) is 18.2 Å². The van der Waals surface area contributed by atoms with E-state index in [-0.39, 0.29) is 18.6 Å². The number of nitrogens with one attached hydrogen (secondary N) is 1. The third kappa shape index (κ3) is 4.14. The largest absolute Gasteiger partial charge is 0.454 e. The molecule has 1 saturated heterocycles. The summed E-state index contributed by atoms with van der Waals surface area (Å²) < 4.78 is 24.3. The maximum absolute atomic E-state index is 13.7. The van der Waals surface area contributed by atoms with Gasteiger partial charge in [0, 0.05) is 44.5 Å². The molecule has 0 unspecified atom stereocenters. The molecule has 0 aromatic heterocycles. The lowest BCUT2D eigenvalue weighted by Gasteiger charge is -2.34. The summed E-state index contributed by atoms with van der Waals surface area (Å²) in [4.78, 5) is 16.5. The molecule has 1 N–H and O–H groups in total. The van der Waals surface area contributed by atoms with E-state index in [1.54, 1.807) is 29.2 Å². The third-order valence-electron chi connectivity index (χ3n) is 4.94. The fourth-order valence-electron chi connectivity index (χ4n) is 3.33. The van der Waals surface area contributed by atoms with Crippen LogP contribution in [0.4, 0.5) is 14.9 Å². The highest BCUT2D eigenvalue weighted by Gasteiger charge is 2.22. The van der Waals surface area contributed by atoms with Gasteiger partial charge in [0.25, 0.3) is 0 Å². The van der Waals surface area contributed by atoms with E-state index in [1.807, 2.05) is 12.1 Å². The van der Waals surface area contributed by atoms with Crippen molar-refractivity contribution in [3.63, 3.8) is 0 Å². The quantitative estimate of drug-likeness (QED) is 0.898. The Kier molecular flexibility index (Phi) is 5.11. The zero-order valence-electron chi connectivity index (χ0n) is 15.0. The van der Waals surface area contributed by atoms with E-state index in [9.17, 15) is 9.18 Å². The van der Waals surface area contributed by atoms with Crippen LogP contribution in [0.5, 0.6) is 11.5 Å². The van der Waals surface area contributed by atoms with Crippen LogP contribution in [-0.4, -0.2) is 55.3 Å². The standard InChI is InChI=1S/C20H22FN3O3/c21-17-4-2-1-3-15(17)7-8-23-9-11-24(12-10-23)20(25)22-16-5-6-18-19(13-16)27-14-26-18/h1-6,13H,7-12,14H2,(H,22,25). The summed E-state index contributed by atoms with van der Waals surface area (Å²) >= 11 is 0. The predicted molar refractivity (Wildman–Crippen MR) is 99.7 cm³/mol. The minimum atomic E-state index is -0.153. The number of anilines is 1. The lowest BCUT2D eigenvalue weighted by atomic mass is 10.1. The van der Waals surface area contributed by atoms with Crippen molar-refractivity contribution < 1.29 is 18.7 Å². The molecule has 27 heavy (non-hydrogen) atoms. The van der Waals surface area contributed by atoms with E-state index in [0.717, 1.165) is 25.2 Å². The van der Waals surface area contributed by atoms with E-state index in [0.29, 0.717) is 36.7 Å². The average molecular weight is 371 g/mol. The van der Waals surface area contributed by atoms with E-state index >= 15 is 0 Å². The molecule has 7 heteroatoms. The fourth-order valence-corrected chi connectivity index (χ4v) is 3.33. The maximum Gasteiger partial charge on any atom is 0.321 e. The minimum absolute atomic E-state index is 0.123. The number of hydrogen-bond acceptors (Lipinski definition) is 4. The van der Waals surface area contributed by atoms with E-state index in [1.165, 1.54) is 6.07 Å². The number of nitrogens with zero attached hydrogens (tertiary/aromatic N) is 2. The van der Waals surface area contributed by atoms with Crippen LogP contribution < -0.4 is 14.8 Å². The first-order valence-corrected chi connectivity index (χ1v) is 9.10. The maximum atomic E-state index is 13.7. The second kappa shape index (κ2) is 7.84. The van der Waals surface area contributed by atoms with Gasteiger partial charge in [0.15, 0.2) is 11.5 Å². The van der Waals surface area contributed by atoms with Gasteiger partial charge in [-0.25, -0.2) is 9.18 Å². The molecule has 2 amide bonds. The number of benzene rings is 2. The Labute approximate surface area is 157 Å². The summed E-state index contributed by atoms with van der Waals surface area (Å²) in [5, 5.41) is 2.90. The number of piperazine rings is 1. The lowest BCUT2D eigenvalue weighted by molar-refractivity contribution is 0.148. The van der Waals surface area contributed by atoms with Crippen molar-refractivity contribution in [1.29, 1.82) is 0 Å². The van der Waals surface area contributed by atoms with Crippen molar-refractivity contribution in [3.8, 4) is 11.5 Å². The molecule has 6 nitrogen and oxygen atoms in total. The Hall–Kier alpha value is -2.80. The average Bonchev–Trinajstić information content (AvgIpc) is 3.15. The molecule has 2 aromatic rings. The van der Waals surface area contributed by atoms with Crippen LogP contribution in [-0.2, 0) is 6.42 Å². The SMILES string of the molecule is O=C(Nc1ccc2c(c1)OCO2)N1CCN(CCc2ccccc2F)CC1. The monoisotopic (exact) mass is 371 g/mol. The van der Waals surface area contributed by atoms with E-state index in [2.05, 4.69) is 10.2 Å². The number of urea groups is 1. The van der Waals surface area contributed by atoms with Crippen LogP contribution in [0, 0.1) is 5.82 Å². The Morgan fingerprint density at radius 2 is 1.81 bits per heavy atom. The lowest BCUT2D eigenvalue weighted by Crippen LogP contribution is -2.50. The summed E-state index contributed by atoms with van der Waals surface area (Å²) in [5.41, 5.74) is 1.42. The highest BCUT2D eigenvalue weighted by molar-refractivity contribution is 5.89. The molecule has 0 saturated carbocycles. The first-order valence-electron chi connectivity index (χ1n) is 9.10. The summed E-state index contributed by atoms with van der Waals surface area (Å²) in [5.74, 6) is 1.18. The fraction of sp³-hybridized carbons (Fsp3) is 0.350. The number of ether oxygens (including phenoxy) is 2. The van der Waals surface area contributed by atoms with Crippen LogP contribution in [0.2, 0.25) is 0 Å². The molecule has 0 spiro atoms. The molecule has 1 fully saturated rings. The first-order chi connectivity index (χ1) is 13.2. The summed E-state index contributed by atoms with van der Waals surface area (Å²) in [6.07, 6.45) is 0.677. The van der Waals surface area contributed by atoms with Gasteiger partial charge in [-0.2, -0.15) is 0 Å². The van der Waals surface area contributed by atoms with Gasteiger partial charge in [0.2, 0.25) is 6.79 Å². The van der Waals surface area contributed by atoms with Gasteiger partial charge in [-0.15, -0.1) is 0 Å². The number of carbonyl (C=O) groups excluding carboxylic acids is 1. The topological polar surface area (TPSA) is 54.0 Å². The van der Waals surface area contributed by atoms with Crippen LogP contribution in [0.25, 0.3) is 0 Å². The third-order valence-corrected chi connectivity index (χ3v) is 4.94. The molecule has 2 aliphatic rings. The molecular formula is C20H22FN3O3. The molecule has 4 rings (SSSR count). The van der Waals surface area contributed by atoms with E-state index in [4.69, 9.17) is 9.47 Å². The normalized spacial score (nSPS) is 16.4. The number of halogens is 1. The highest BCUT2D eigenvalue weighted by atomic mass is 19.1. The molecule has 142 valence electrons. The Morgan fingerprint density at radius 1 is 1.04 bits per heavy atom. The predicted octanol–water partition coefficient (Wildman–Crippen LogP) is 2.95. The molecular weight excluding hydrogens is 349 g/mol. The van der Waals surface area contributed by atoms with E-state index < -0.39 is 0 Å². The first kappa shape index (κ1) is 17.6. The molecule has 0 aliphatic carbocycles. The number of carbonyl (C=O) groups is 1. The van der Waals surface area contributed by atoms with Crippen LogP contribution >= 0.6 is 0 Å². The van der Waals surface area contributed by atoms with Gasteiger partial charge in [0.05, 0.1) is 0 Å². The zero-order valence-corrected chi connectivity index (χ0v) is 15.0. The minimum Gasteiger partial charge on any atom is -0.454 e. The number of amides is 2. The zero-order chi connectivity index (χ0) is 18.6. The van der Waals surface area contributed by atoms with Gasteiger partial charge in [-0.3, -0.25) is 4.90 Å². The Morgan fingerprint density at radius 3 is 2.63 bits per heavy atom. The number of fused-ring (bicyclic) bond motifs is 1.